The fourth-order valence-electron chi connectivity index (χ4n) is 3.21. The van der Waals surface area contributed by atoms with Crippen LogP contribution in [0.3, 0.4) is 0 Å². The van der Waals surface area contributed by atoms with Crippen LogP contribution in [0.1, 0.15) is 25.0 Å². The number of nitrogens with one attached hydrogen (secondary N) is 1. The van der Waals surface area contributed by atoms with Gasteiger partial charge in [-0.05, 0) is 49.7 Å². The monoisotopic (exact) mass is 587 g/mol. The van der Waals surface area contributed by atoms with E-state index >= 15 is 0 Å². The molecule has 14 heteroatoms. The third-order valence-electron chi connectivity index (χ3n) is 5.10. The zero-order chi connectivity index (χ0) is 27.4. The SMILES string of the molecule is CCNC(=O)C(C)N(Cc1ccc(Cl)cc1Cl)C(=O)CN(c1cc(C(F)(F)F)ccc1Cl)S(C)(=O)=O. The maximum absolute atomic E-state index is 13.4. The van der Waals surface area contributed by atoms with Crippen LogP contribution < -0.4 is 9.62 Å². The van der Waals surface area contributed by atoms with Crippen LogP contribution in [-0.4, -0.2) is 50.5 Å². The third-order valence-corrected chi connectivity index (χ3v) is 7.13. The van der Waals surface area contributed by atoms with Gasteiger partial charge < -0.3 is 10.2 Å². The molecule has 1 N–H and O–H groups in total. The maximum atomic E-state index is 13.4. The number of carbonyl (C=O) groups is 2. The van der Waals surface area contributed by atoms with E-state index in [1.165, 1.54) is 25.1 Å². The van der Waals surface area contributed by atoms with Crippen molar-refractivity contribution in [3.63, 3.8) is 0 Å². The molecule has 1 atom stereocenters. The molecule has 0 aromatic heterocycles. The van der Waals surface area contributed by atoms with E-state index in [1.54, 1.807) is 6.92 Å². The zero-order valence-electron chi connectivity index (χ0n) is 19.4. The van der Waals surface area contributed by atoms with E-state index in [0.717, 1.165) is 17.2 Å². The number of likely N-dealkylation sites (N-methyl/N-ethyl adjacent to an activating group) is 1. The molecule has 0 aliphatic carbocycles. The molecule has 1 unspecified atom stereocenters. The predicted molar refractivity (Wildman–Crippen MR) is 134 cm³/mol. The average Bonchev–Trinajstić information content (AvgIpc) is 2.75. The van der Waals surface area contributed by atoms with Gasteiger partial charge >= 0.3 is 6.18 Å². The van der Waals surface area contributed by atoms with Gasteiger partial charge in [-0.15, -0.1) is 0 Å². The van der Waals surface area contributed by atoms with Crippen LogP contribution in [0.2, 0.25) is 15.1 Å². The Bertz CT molecular complexity index is 1240. The fraction of sp³-hybridized carbons (Fsp3) is 0.364. The smallest absolute Gasteiger partial charge is 0.355 e. The molecular weight excluding hydrogens is 566 g/mol. The van der Waals surface area contributed by atoms with E-state index in [1.807, 2.05) is 0 Å². The molecule has 0 saturated heterocycles. The Morgan fingerprint density at radius 3 is 2.22 bits per heavy atom. The van der Waals surface area contributed by atoms with Crippen molar-refractivity contribution in [3.05, 3.63) is 62.6 Å². The summed E-state index contributed by atoms with van der Waals surface area (Å²) in [7, 11) is -4.28. The molecule has 0 heterocycles. The van der Waals surface area contributed by atoms with Gasteiger partial charge in [0.25, 0.3) is 0 Å². The summed E-state index contributed by atoms with van der Waals surface area (Å²) in [5.41, 5.74) is -1.27. The highest BCUT2D eigenvalue weighted by molar-refractivity contribution is 7.92. The van der Waals surface area contributed by atoms with Crippen LogP contribution in [0.25, 0.3) is 0 Å². The van der Waals surface area contributed by atoms with Crippen LogP contribution in [0, 0.1) is 0 Å². The van der Waals surface area contributed by atoms with Crippen LogP contribution in [0.5, 0.6) is 0 Å². The lowest BCUT2D eigenvalue weighted by Crippen LogP contribution is -2.51. The third kappa shape index (κ3) is 7.64. The molecule has 0 radical (unpaired) electrons. The van der Waals surface area contributed by atoms with Gasteiger partial charge in [-0.1, -0.05) is 40.9 Å². The Kier molecular flexibility index (Phi) is 9.91. The van der Waals surface area contributed by atoms with Crippen molar-refractivity contribution in [3.8, 4) is 0 Å². The summed E-state index contributed by atoms with van der Waals surface area (Å²) in [5, 5.41) is 2.79. The minimum Gasteiger partial charge on any atom is -0.355 e. The van der Waals surface area contributed by atoms with E-state index < -0.39 is 51.9 Å². The van der Waals surface area contributed by atoms with Crippen molar-refractivity contribution >= 4 is 62.3 Å². The molecule has 0 aliphatic rings. The number of anilines is 1. The molecule has 7 nitrogen and oxygen atoms in total. The summed E-state index contributed by atoms with van der Waals surface area (Å²) in [4.78, 5) is 27.0. The number of halogens is 6. The number of amides is 2. The Balaban J connectivity index is 2.52. The highest BCUT2D eigenvalue weighted by Crippen LogP contribution is 2.36. The summed E-state index contributed by atoms with van der Waals surface area (Å²) in [6.07, 6.45) is -4.05. The molecular formula is C22H23Cl3F3N3O4S. The Labute approximate surface area is 222 Å². The van der Waals surface area contributed by atoms with E-state index in [4.69, 9.17) is 34.8 Å². The standard InChI is InChI=1S/C22H23Cl3F3N3O4S/c1-4-29-21(33)13(2)30(11-14-5-7-16(23)10-18(14)25)20(32)12-31(36(3,34)35)19-9-15(22(26,27)28)6-8-17(19)24/h5-10,13H,4,11-12H2,1-3H3,(H,29,33). The highest BCUT2D eigenvalue weighted by atomic mass is 35.5. The number of nitrogens with zero attached hydrogens (tertiary/aromatic N) is 2. The van der Waals surface area contributed by atoms with Crippen molar-refractivity contribution in [2.75, 3.05) is 23.7 Å². The van der Waals surface area contributed by atoms with Gasteiger partial charge in [0, 0.05) is 23.1 Å². The fourth-order valence-corrected chi connectivity index (χ4v) is 4.80. The van der Waals surface area contributed by atoms with Crippen molar-refractivity contribution in [1.82, 2.24) is 10.2 Å². The number of rotatable bonds is 9. The molecule has 36 heavy (non-hydrogen) atoms. The molecule has 0 saturated carbocycles. The van der Waals surface area contributed by atoms with E-state index in [2.05, 4.69) is 5.32 Å². The number of sulfonamides is 1. The highest BCUT2D eigenvalue weighted by Gasteiger charge is 2.34. The van der Waals surface area contributed by atoms with Crippen LogP contribution >= 0.6 is 34.8 Å². The Morgan fingerprint density at radius 1 is 1.06 bits per heavy atom. The maximum Gasteiger partial charge on any atom is 0.416 e. The minimum atomic E-state index is -4.78. The second-order valence-electron chi connectivity index (χ2n) is 7.76. The van der Waals surface area contributed by atoms with Crippen LogP contribution in [0.4, 0.5) is 18.9 Å². The van der Waals surface area contributed by atoms with E-state index in [-0.39, 0.29) is 23.1 Å². The van der Waals surface area contributed by atoms with E-state index in [0.29, 0.717) is 27.0 Å². The quantitative estimate of drug-likeness (QED) is 0.448. The summed E-state index contributed by atoms with van der Waals surface area (Å²) >= 11 is 18.2. The molecule has 0 fully saturated rings. The molecule has 2 aromatic rings. The number of hydrogen-bond donors (Lipinski definition) is 1. The van der Waals surface area contributed by atoms with Gasteiger partial charge in [-0.2, -0.15) is 13.2 Å². The molecule has 2 aromatic carbocycles. The number of hydrogen-bond acceptors (Lipinski definition) is 4. The molecule has 0 spiro atoms. The first-order chi connectivity index (χ1) is 16.6. The van der Waals surface area contributed by atoms with E-state index in [9.17, 15) is 31.2 Å². The summed E-state index contributed by atoms with van der Waals surface area (Å²) in [6, 6.07) is 5.54. The number of carbonyl (C=O) groups excluding carboxylic acids is 2. The van der Waals surface area contributed by atoms with Crippen LogP contribution in [0.15, 0.2) is 36.4 Å². The minimum absolute atomic E-state index is 0.198. The first-order valence-electron chi connectivity index (χ1n) is 10.4. The van der Waals surface area contributed by atoms with Gasteiger partial charge in [0.05, 0.1) is 22.5 Å². The van der Waals surface area contributed by atoms with Crippen molar-refractivity contribution in [1.29, 1.82) is 0 Å². The van der Waals surface area contributed by atoms with Gasteiger partial charge in [0.1, 0.15) is 12.6 Å². The Hall–Kier alpha value is -2.21. The second-order valence-corrected chi connectivity index (χ2v) is 10.9. The van der Waals surface area contributed by atoms with Crippen molar-refractivity contribution < 1.29 is 31.2 Å². The number of alkyl halides is 3. The van der Waals surface area contributed by atoms with Crippen molar-refractivity contribution in [2.45, 2.75) is 32.6 Å². The first kappa shape index (κ1) is 30.0. The van der Waals surface area contributed by atoms with Gasteiger partial charge in [-0.25, -0.2) is 8.42 Å². The van der Waals surface area contributed by atoms with Crippen LogP contribution in [-0.2, 0) is 32.3 Å². The summed E-state index contributed by atoms with van der Waals surface area (Å²) < 4.78 is 65.4. The molecule has 2 rings (SSSR count). The molecule has 198 valence electrons. The summed E-state index contributed by atoms with van der Waals surface area (Å²) in [5.74, 6) is -1.40. The lowest BCUT2D eigenvalue weighted by atomic mass is 10.1. The average molecular weight is 589 g/mol. The van der Waals surface area contributed by atoms with Gasteiger partial charge in [0.15, 0.2) is 0 Å². The predicted octanol–water partition coefficient (Wildman–Crippen LogP) is 4.99. The number of benzene rings is 2. The molecule has 0 bridgehead atoms. The van der Waals surface area contributed by atoms with Gasteiger partial charge in [0.2, 0.25) is 21.8 Å². The summed E-state index contributed by atoms with van der Waals surface area (Å²) in [6.45, 7) is 2.24. The molecule has 0 aliphatic heterocycles. The lowest BCUT2D eigenvalue weighted by Gasteiger charge is -2.32. The lowest BCUT2D eigenvalue weighted by molar-refractivity contribution is -0.139. The molecule has 2 amide bonds. The second kappa shape index (κ2) is 11.9. The van der Waals surface area contributed by atoms with Crippen molar-refractivity contribution in [2.24, 2.45) is 0 Å². The largest absolute Gasteiger partial charge is 0.416 e. The zero-order valence-corrected chi connectivity index (χ0v) is 22.5. The normalized spacial score (nSPS) is 12.7. The topological polar surface area (TPSA) is 86.8 Å². The van der Waals surface area contributed by atoms with Gasteiger partial charge in [-0.3, -0.25) is 13.9 Å². The Morgan fingerprint density at radius 2 is 1.69 bits per heavy atom. The first-order valence-corrected chi connectivity index (χ1v) is 13.4.